The number of amides is 1. The molecular formula is C28H46N4O4. The summed E-state index contributed by atoms with van der Waals surface area (Å²) >= 11 is 0. The Labute approximate surface area is 216 Å². The van der Waals surface area contributed by atoms with Crippen molar-refractivity contribution in [2.24, 2.45) is 39.7 Å². The van der Waals surface area contributed by atoms with Crippen molar-refractivity contribution in [3.8, 4) is 0 Å². The molecule has 8 nitrogen and oxygen atoms in total. The number of allylic oxidation sites excluding steroid dienone is 1. The summed E-state index contributed by atoms with van der Waals surface area (Å²) < 4.78 is 0. The summed E-state index contributed by atoms with van der Waals surface area (Å²) in [4.78, 5) is 31.2. The number of fused-ring (bicyclic) bond motifs is 5. The Balaban J connectivity index is 1.38. The fourth-order valence-electron chi connectivity index (χ4n) is 8.25. The van der Waals surface area contributed by atoms with Gasteiger partial charge in [-0.05, 0) is 93.6 Å². The van der Waals surface area contributed by atoms with E-state index >= 15 is 0 Å². The number of hydrogen-bond donors (Lipinski definition) is 3. The predicted octanol–water partition coefficient (Wildman–Crippen LogP) is 3.71. The van der Waals surface area contributed by atoms with Gasteiger partial charge in [0.2, 0.25) is 0 Å². The molecule has 4 aliphatic carbocycles. The van der Waals surface area contributed by atoms with Crippen LogP contribution in [0.15, 0.2) is 16.8 Å². The molecule has 0 aliphatic heterocycles. The monoisotopic (exact) mass is 502 g/mol. The first-order chi connectivity index (χ1) is 17.2. The Morgan fingerprint density at radius 1 is 1.14 bits per heavy atom. The molecular weight excluding hydrogens is 456 g/mol. The van der Waals surface area contributed by atoms with Crippen molar-refractivity contribution < 1.29 is 19.5 Å². The molecule has 4 rings (SSSR count). The standard InChI is InChI=1S/C28H46N4O4/c1-19(31-36-26(35)32(18-33)16-15-30-14-13-29-4)23-7-8-24-22-6-5-20-17-21(34)9-11-27(20,2)25(22)10-12-28(23,24)3/h17,22-25,29-30,33H,5-16,18H2,1-4H3/b31-19+/t22-,23+,24-,25-,27-,28+/m0/s1. The molecule has 6 atom stereocenters. The molecule has 3 N–H and O–H groups in total. The highest BCUT2D eigenvalue weighted by atomic mass is 16.7. The zero-order valence-corrected chi connectivity index (χ0v) is 22.6. The number of aliphatic hydroxyl groups is 1. The third-order valence-electron chi connectivity index (χ3n) is 10.3. The first kappa shape index (κ1) is 27.3. The van der Waals surface area contributed by atoms with E-state index in [-0.39, 0.29) is 10.8 Å². The van der Waals surface area contributed by atoms with Gasteiger partial charge in [0.25, 0.3) is 0 Å². The minimum Gasteiger partial charge on any atom is -0.376 e. The van der Waals surface area contributed by atoms with Crippen LogP contribution in [0.4, 0.5) is 4.79 Å². The van der Waals surface area contributed by atoms with Crippen LogP contribution in [0.2, 0.25) is 0 Å². The van der Waals surface area contributed by atoms with E-state index in [1.54, 1.807) is 0 Å². The SMILES string of the molecule is CNCCNCCN(CO)C(=O)O/N=C(\C)[C@H]1CC[C@H]2[C@@H]3CCC4=CC(=O)CC[C@]4(C)[C@H]3CC[C@]12C. The van der Waals surface area contributed by atoms with E-state index in [4.69, 9.17) is 4.84 Å². The van der Waals surface area contributed by atoms with Gasteiger partial charge in [0.1, 0.15) is 6.73 Å². The average molecular weight is 503 g/mol. The molecule has 0 unspecified atom stereocenters. The van der Waals surface area contributed by atoms with Crippen LogP contribution in [0.1, 0.15) is 72.1 Å². The predicted molar refractivity (Wildman–Crippen MR) is 140 cm³/mol. The molecule has 0 saturated heterocycles. The second-order valence-corrected chi connectivity index (χ2v) is 12.0. The summed E-state index contributed by atoms with van der Waals surface area (Å²) in [5.41, 5.74) is 2.65. The lowest BCUT2D eigenvalue weighted by Gasteiger charge is -2.58. The quantitative estimate of drug-likeness (QED) is 0.146. The van der Waals surface area contributed by atoms with Crippen LogP contribution in [0, 0.1) is 34.5 Å². The van der Waals surface area contributed by atoms with Crippen molar-refractivity contribution in [3.05, 3.63) is 11.6 Å². The largest absolute Gasteiger partial charge is 0.437 e. The average Bonchev–Trinajstić information content (AvgIpc) is 3.22. The van der Waals surface area contributed by atoms with Crippen LogP contribution in [0.3, 0.4) is 0 Å². The van der Waals surface area contributed by atoms with Crippen molar-refractivity contribution in [3.63, 3.8) is 0 Å². The number of carbonyl (C=O) groups is 2. The zero-order chi connectivity index (χ0) is 25.9. The molecule has 3 fully saturated rings. The van der Waals surface area contributed by atoms with E-state index < -0.39 is 12.8 Å². The molecule has 0 aromatic carbocycles. The first-order valence-corrected chi connectivity index (χ1v) is 13.9. The highest BCUT2D eigenvalue weighted by Gasteiger charge is 2.59. The third-order valence-corrected chi connectivity index (χ3v) is 10.3. The highest BCUT2D eigenvalue weighted by molar-refractivity contribution is 5.91. The number of rotatable bonds is 9. The lowest BCUT2D eigenvalue weighted by Crippen LogP contribution is -2.51. The summed E-state index contributed by atoms with van der Waals surface area (Å²) in [5, 5.41) is 20.2. The number of likely N-dealkylation sites (N-methyl/N-ethyl adjacent to an activating group) is 1. The lowest BCUT2D eigenvalue weighted by molar-refractivity contribution is -0.117. The number of ketones is 1. The Morgan fingerprint density at radius 2 is 1.94 bits per heavy atom. The van der Waals surface area contributed by atoms with Crippen molar-refractivity contribution in [1.29, 1.82) is 0 Å². The van der Waals surface area contributed by atoms with Gasteiger partial charge < -0.3 is 15.7 Å². The maximum absolute atomic E-state index is 12.5. The number of aliphatic hydroxyl groups excluding tert-OH is 1. The lowest BCUT2D eigenvalue weighted by atomic mass is 9.46. The maximum atomic E-state index is 12.5. The molecule has 202 valence electrons. The van der Waals surface area contributed by atoms with E-state index in [2.05, 4.69) is 29.6 Å². The number of hydrogen-bond acceptors (Lipinski definition) is 7. The Hall–Kier alpha value is -1.77. The summed E-state index contributed by atoms with van der Waals surface area (Å²) in [6.45, 7) is 9.03. The van der Waals surface area contributed by atoms with Crippen LogP contribution < -0.4 is 10.6 Å². The maximum Gasteiger partial charge on any atom is 0.437 e. The second-order valence-electron chi connectivity index (χ2n) is 12.0. The van der Waals surface area contributed by atoms with Crippen molar-refractivity contribution in [2.45, 2.75) is 72.1 Å². The van der Waals surface area contributed by atoms with Gasteiger partial charge in [-0.25, -0.2) is 4.79 Å². The zero-order valence-electron chi connectivity index (χ0n) is 22.6. The van der Waals surface area contributed by atoms with Crippen LogP contribution >= 0.6 is 0 Å². The highest BCUT2D eigenvalue weighted by Crippen LogP contribution is 2.66. The van der Waals surface area contributed by atoms with Gasteiger partial charge in [0.15, 0.2) is 5.78 Å². The Kier molecular flexibility index (Phi) is 8.57. The van der Waals surface area contributed by atoms with Gasteiger partial charge >= 0.3 is 6.09 Å². The molecule has 4 aliphatic rings. The van der Waals surface area contributed by atoms with Crippen LogP contribution in [0.5, 0.6) is 0 Å². The second kappa shape index (κ2) is 11.3. The van der Waals surface area contributed by atoms with Crippen LogP contribution in [-0.4, -0.2) is 67.6 Å². The minimum absolute atomic E-state index is 0.164. The molecule has 36 heavy (non-hydrogen) atoms. The molecule has 0 aromatic heterocycles. The van der Waals surface area contributed by atoms with Crippen molar-refractivity contribution >= 4 is 17.6 Å². The minimum atomic E-state index is -0.609. The molecule has 3 saturated carbocycles. The van der Waals surface area contributed by atoms with Crippen LogP contribution in [0.25, 0.3) is 0 Å². The Morgan fingerprint density at radius 3 is 2.69 bits per heavy atom. The van der Waals surface area contributed by atoms with Gasteiger partial charge in [-0.2, -0.15) is 0 Å². The van der Waals surface area contributed by atoms with Gasteiger partial charge in [-0.15, -0.1) is 0 Å². The topological polar surface area (TPSA) is 103 Å². The summed E-state index contributed by atoms with van der Waals surface area (Å²) in [6.07, 6.45) is 9.94. The van der Waals surface area contributed by atoms with E-state index in [9.17, 15) is 14.7 Å². The molecule has 1 amide bonds. The van der Waals surface area contributed by atoms with Gasteiger partial charge in [0, 0.05) is 38.5 Å². The number of nitrogens with zero attached hydrogens (tertiary/aromatic N) is 2. The number of nitrogens with one attached hydrogen (secondary N) is 2. The van der Waals surface area contributed by atoms with Crippen molar-refractivity contribution in [2.75, 3.05) is 40.0 Å². The summed E-state index contributed by atoms with van der Waals surface area (Å²) in [7, 11) is 1.89. The fourth-order valence-corrected chi connectivity index (χ4v) is 8.25. The number of oxime groups is 1. The van der Waals surface area contributed by atoms with Gasteiger partial charge in [0.05, 0.1) is 5.71 Å². The fraction of sp³-hybridized carbons (Fsp3) is 0.821. The normalized spacial score (nSPS) is 36.0. The van der Waals surface area contributed by atoms with E-state index in [1.165, 1.54) is 29.7 Å². The smallest absolute Gasteiger partial charge is 0.376 e. The van der Waals surface area contributed by atoms with E-state index in [0.717, 1.165) is 44.5 Å². The van der Waals surface area contributed by atoms with Crippen molar-refractivity contribution in [1.82, 2.24) is 15.5 Å². The van der Waals surface area contributed by atoms with E-state index in [0.29, 0.717) is 49.0 Å². The molecule has 0 heterocycles. The van der Waals surface area contributed by atoms with Crippen LogP contribution in [-0.2, 0) is 9.63 Å². The first-order valence-electron chi connectivity index (χ1n) is 13.9. The molecule has 0 bridgehead atoms. The Bertz CT molecular complexity index is 889. The van der Waals surface area contributed by atoms with E-state index in [1.807, 2.05) is 20.0 Å². The number of carbonyl (C=O) groups excluding carboxylic acids is 2. The summed E-state index contributed by atoms with van der Waals surface area (Å²) in [5.74, 6) is 2.63. The van der Waals surface area contributed by atoms with Gasteiger partial charge in [-0.1, -0.05) is 24.6 Å². The molecule has 0 aromatic rings. The summed E-state index contributed by atoms with van der Waals surface area (Å²) in [6, 6.07) is 0. The molecule has 8 heteroatoms. The molecule has 0 spiro atoms. The molecule has 0 radical (unpaired) electrons. The third kappa shape index (κ3) is 5.14. The van der Waals surface area contributed by atoms with Gasteiger partial charge in [-0.3, -0.25) is 14.5 Å².